The van der Waals surface area contributed by atoms with Gasteiger partial charge in [-0.05, 0) is 47.4 Å². The largest absolute Gasteiger partial charge is 0.449 e. The second-order valence-electron chi connectivity index (χ2n) is 7.23. The van der Waals surface area contributed by atoms with Gasteiger partial charge in [-0.2, -0.15) is 0 Å². The van der Waals surface area contributed by atoms with Crippen molar-refractivity contribution in [2.45, 2.75) is 12.8 Å². The Kier molecular flexibility index (Phi) is 5.81. The number of rotatable bonds is 4. The fraction of sp³-hybridized carbons (Fsp3) is 0.154. The maximum Gasteiger partial charge on any atom is 0.407 e. The van der Waals surface area contributed by atoms with E-state index in [4.69, 9.17) is 4.74 Å². The fourth-order valence-electron chi connectivity index (χ4n) is 3.78. The molecule has 1 N–H and O–H groups in total. The molecule has 0 heterocycles. The predicted octanol–water partition coefficient (Wildman–Crippen LogP) is 4.92. The molecular formula is C26H20FNO3. The van der Waals surface area contributed by atoms with Gasteiger partial charge in [-0.15, -0.1) is 0 Å². The number of alkyl carbamates (subject to hydrolysis) is 1. The van der Waals surface area contributed by atoms with Crippen molar-refractivity contribution in [1.82, 2.24) is 5.32 Å². The molecule has 4 nitrogen and oxygen atoms in total. The van der Waals surface area contributed by atoms with Gasteiger partial charge in [0.25, 0.3) is 0 Å². The van der Waals surface area contributed by atoms with Crippen molar-refractivity contribution in [3.63, 3.8) is 0 Å². The summed E-state index contributed by atoms with van der Waals surface area (Å²) in [5, 5.41) is 2.60. The molecule has 0 unspecified atom stereocenters. The predicted molar refractivity (Wildman–Crippen MR) is 116 cm³/mol. The summed E-state index contributed by atoms with van der Waals surface area (Å²) >= 11 is 0. The molecule has 4 rings (SSSR count). The van der Waals surface area contributed by atoms with E-state index in [1.165, 1.54) is 36.2 Å². The van der Waals surface area contributed by atoms with Gasteiger partial charge in [0.2, 0.25) is 0 Å². The molecule has 154 valence electrons. The molecule has 5 heteroatoms. The number of amides is 1. The number of carbonyl (C=O) groups is 2. The third-order valence-electron chi connectivity index (χ3n) is 5.24. The zero-order valence-electron chi connectivity index (χ0n) is 16.9. The standard InChI is InChI=1S/C26H20FNO3/c1-17(29)23-15-18(12-13-25(23)27)7-6-14-28-26(30)31-16-24-21-10-4-2-8-19(21)20-9-3-5-11-22(20)24/h2-5,8-13,15,24H,14,16H2,1H3,(H,28,30). The molecular weight excluding hydrogens is 393 g/mol. The number of benzene rings is 3. The van der Waals surface area contributed by atoms with Crippen LogP contribution in [0.4, 0.5) is 9.18 Å². The van der Waals surface area contributed by atoms with E-state index in [1.807, 2.05) is 24.3 Å². The van der Waals surface area contributed by atoms with Crippen LogP contribution in [0.5, 0.6) is 0 Å². The maximum atomic E-state index is 13.6. The Morgan fingerprint density at radius 2 is 1.65 bits per heavy atom. The lowest BCUT2D eigenvalue weighted by Crippen LogP contribution is -2.26. The van der Waals surface area contributed by atoms with Crippen LogP contribution in [0.3, 0.4) is 0 Å². The lowest BCUT2D eigenvalue weighted by atomic mass is 9.98. The van der Waals surface area contributed by atoms with Gasteiger partial charge in [0, 0.05) is 11.5 Å². The number of fused-ring (bicyclic) bond motifs is 3. The summed E-state index contributed by atoms with van der Waals surface area (Å²) in [4.78, 5) is 23.5. The van der Waals surface area contributed by atoms with Crippen LogP contribution < -0.4 is 5.32 Å². The van der Waals surface area contributed by atoms with Gasteiger partial charge >= 0.3 is 6.09 Å². The van der Waals surface area contributed by atoms with E-state index >= 15 is 0 Å². The topological polar surface area (TPSA) is 55.4 Å². The van der Waals surface area contributed by atoms with Crippen molar-refractivity contribution in [2.75, 3.05) is 13.2 Å². The summed E-state index contributed by atoms with van der Waals surface area (Å²) < 4.78 is 19.0. The molecule has 0 saturated heterocycles. The zero-order chi connectivity index (χ0) is 21.8. The van der Waals surface area contributed by atoms with Crippen molar-refractivity contribution in [2.24, 2.45) is 0 Å². The van der Waals surface area contributed by atoms with Crippen LogP contribution in [0.25, 0.3) is 11.1 Å². The van der Waals surface area contributed by atoms with E-state index in [-0.39, 0.29) is 30.4 Å². The Bertz CT molecular complexity index is 1180. The van der Waals surface area contributed by atoms with Gasteiger partial charge < -0.3 is 10.1 Å². The first kappa shape index (κ1) is 20.4. The smallest absolute Gasteiger partial charge is 0.407 e. The highest BCUT2D eigenvalue weighted by atomic mass is 19.1. The molecule has 0 radical (unpaired) electrons. The highest BCUT2D eigenvalue weighted by Gasteiger charge is 2.28. The number of ketones is 1. The second-order valence-corrected chi connectivity index (χ2v) is 7.23. The SMILES string of the molecule is CC(=O)c1cc(C#CCNC(=O)OCC2c3ccccc3-c3ccccc32)ccc1F. The molecule has 1 amide bonds. The second kappa shape index (κ2) is 8.85. The minimum Gasteiger partial charge on any atom is -0.449 e. The molecule has 3 aromatic carbocycles. The first-order valence-corrected chi connectivity index (χ1v) is 9.93. The van der Waals surface area contributed by atoms with Crippen LogP contribution in [0.15, 0.2) is 66.7 Å². The van der Waals surface area contributed by atoms with Crippen LogP contribution in [-0.2, 0) is 4.74 Å². The van der Waals surface area contributed by atoms with E-state index in [9.17, 15) is 14.0 Å². The van der Waals surface area contributed by atoms with E-state index in [2.05, 4.69) is 41.4 Å². The Morgan fingerprint density at radius 1 is 1.00 bits per heavy atom. The van der Waals surface area contributed by atoms with Gasteiger partial charge in [0.15, 0.2) is 5.78 Å². The molecule has 0 fully saturated rings. The lowest BCUT2D eigenvalue weighted by molar-refractivity contribution is 0.101. The van der Waals surface area contributed by atoms with Crippen LogP contribution in [0, 0.1) is 17.7 Å². The average molecular weight is 413 g/mol. The Hall–Kier alpha value is -3.91. The minimum atomic E-state index is -0.574. The molecule has 3 aromatic rings. The summed E-state index contributed by atoms with van der Waals surface area (Å²) in [6, 6.07) is 20.4. The first-order chi connectivity index (χ1) is 15.0. The van der Waals surface area contributed by atoms with Crippen LogP contribution in [0.2, 0.25) is 0 Å². The molecule has 0 spiro atoms. The van der Waals surface area contributed by atoms with Gasteiger partial charge in [-0.1, -0.05) is 60.4 Å². The molecule has 0 bridgehead atoms. The molecule has 31 heavy (non-hydrogen) atoms. The van der Waals surface area contributed by atoms with Gasteiger partial charge in [0.05, 0.1) is 12.1 Å². The third kappa shape index (κ3) is 4.34. The molecule has 1 aliphatic carbocycles. The number of nitrogens with one attached hydrogen (secondary N) is 1. The van der Waals surface area contributed by atoms with E-state index < -0.39 is 11.9 Å². The maximum absolute atomic E-state index is 13.6. The quantitative estimate of drug-likeness (QED) is 0.488. The number of carbonyl (C=O) groups excluding carboxylic acids is 2. The number of ether oxygens (including phenoxy) is 1. The first-order valence-electron chi connectivity index (χ1n) is 9.93. The van der Waals surface area contributed by atoms with Crippen molar-refractivity contribution >= 4 is 11.9 Å². The Balaban J connectivity index is 1.35. The summed E-state index contributed by atoms with van der Waals surface area (Å²) in [5.74, 6) is 4.64. The summed E-state index contributed by atoms with van der Waals surface area (Å²) in [5.41, 5.74) is 5.13. The summed E-state index contributed by atoms with van der Waals surface area (Å²) in [6.07, 6.45) is -0.556. The Labute approximate surface area is 180 Å². The molecule has 0 atom stereocenters. The molecule has 0 aliphatic heterocycles. The van der Waals surface area contributed by atoms with Crippen molar-refractivity contribution in [3.05, 3.63) is 94.8 Å². The van der Waals surface area contributed by atoms with Crippen molar-refractivity contribution < 1.29 is 18.7 Å². The van der Waals surface area contributed by atoms with Gasteiger partial charge in [0.1, 0.15) is 12.4 Å². The highest BCUT2D eigenvalue weighted by Crippen LogP contribution is 2.44. The highest BCUT2D eigenvalue weighted by molar-refractivity contribution is 5.94. The average Bonchev–Trinajstić information content (AvgIpc) is 3.10. The minimum absolute atomic E-state index is 0.00343. The van der Waals surface area contributed by atoms with Crippen molar-refractivity contribution in [1.29, 1.82) is 0 Å². The Morgan fingerprint density at radius 3 is 2.29 bits per heavy atom. The van der Waals surface area contributed by atoms with Crippen LogP contribution in [-0.4, -0.2) is 25.0 Å². The molecule has 0 aromatic heterocycles. The van der Waals surface area contributed by atoms with E-state index in [1.54, 1.807) is 0 Å². The van der Waals surface area contributed by atoms with E-state index in [0.717, 1.165) is 11.1 Å². The molecule has 1 aliphatic rings. The number of hydrogen-bond acceptors (Lipinski definition) is 3. The van der Waals surface area contributed by atoms with Gasteiger partial charge in [-0.25, -0.2) is 9.18 Å². The lowest BCUT2D eigenvalue weighted by Gasteiger charge is -2.14. The molecule has 0 saturated carbocycles. The van der Waals surface area contributed by atoms with Gasteiger partial charge in [-0.3, -0.25) is 4.79 Å². The fourth-order valence-corrected chi connectivity index (χ4v) is 3.78. The van der Waals surface area contributed by atoms with E-state index in [0.29, 0.717) is 5.56 Å². The monoisotopic (exact) mass is 413 g/mol. The number of hydrogen-bond donors (Lipinski definition) is 1. The number of Topliss-reactive ketones (excluding diaryl/α,β-unsaturated/α-hetero) is 1. The van der Waals surface area contributed by atoms with Crippen LogP contribution >= 0.6 is 0 Å². The van der Waals surface area contributed by atoms with Crippen LogP contribution in [0.1, 0.15) is 39.9 Å². The van der Waals surface area contributed by atoms with Crippen molar-refractivity contribution in [3.8, 4) is 23.0 Å². The summed E-state index contributed by atoms with van der Waals surface area (Å²) in [7, 11) is 0. The normalized spacial score (nSPS) is 11.7. The number of halogens is 1. The summed E-state index contributed by atoms with van der Waals surface area (Å²) in [6.45, 7) is 1.60. The third-order valence-corrected chi connectivity index (χ3v) is 5.24. The zero-order valence-corrected chi connectivity index (χ0v) is 16.9.